The lowest BCUT2D eigenvalue weighted by Crippen LogP contribution is -2.68. The molecule has 0 saturated carbocycles. The lowest BCUT2D eigenvalue weighted by Gasteiger charge is -2.48. The van der Waals surface area contributed by atoms with E-state index in [1.54, 1.807) is 26.8 Å². The largest absolute Gasteiger partial charge is 0.455 e. The standard InChI is InChI=1S/C13H18N2O3S/c1-5-7-6-19-11-8(14)10(16)15(11)9(7)12(17)18-13(2,3)4/h5,8,11H,1,6,14H2,2-4H3/t8-,11-/m1/s1. The van der Waals surface area contributed by atoms with E-state index in [4.69, 9.17) is 10.5 Å². The molecule has 0 aromatic heterocycles. The first kappa shape index (κ1) is 14.1. The van der Waals surface area contributed by atoms with E-state index in [2.05, 4.69) is 6.58 Å². The molecule has 19 heavy (non-hydrogen) atoms. The molecule has 2 heterocycles. The molecule has 2 aliphatic rings. The third kappa shape index (κ3) is 2.42. The summed E-state index contributed by atoms with van der Waals surface area (Å²) in [6.45, 7) is 9.06. The molecule has 1 saturated heterocycles. The van der Waals surface area contributed by atoms with Gasteiger partial charge in [0, 0.05) is 5.75 Å². The van der Waals surface area contributed by atoms with Crippen LogP contribution in [0.15, 0.2) is 23.9 Å². The fraction of sp³-hybridized carbons (Fsp3) is 0.538. The summed E-state index contributed by atoms with van der Waals surface area (Å²) in [6.07, 6.45) is 1.60. The molecule has 2 rings (SSSR count). The first-order chi connectivity index (χ1) is 8.76. The molecule has 6 heteroatoms. The van der Waals surface area contributed by atoms with Crippen LogP contribution in [0.5, 0.6) is 0 Å². The predicted octanol–water partition coefficient (Wildman–Crippen LogP) is 1.01. The Balaban J connectivity index is 2.33. The Morgan fingerprint density at radius 2 is 2.21 bits per heavy atom. The van der Waals surface area contributed by atoms with Gasteiger partial charge in [-0.05, 0) is 26.3 Å². The first-order valence-corrected chi connectivity index (χ1v) is 7.10. The van der Waals surface area contributed by atoms with Gasteiger partial charge in [0.05, 0.1) is 0 Å². The number of rotatable bonds is 2. The molecule has 0 aliphatic carbocycles. The maximum atomic E-state index is 12.3. The molecule has 0 spiro atoms. The minimum absolute atomic E-state index is 0.168. The summed E-state index contributed by atoms with van der Waals surface area (Å²) in [5.74, 6) is -0.120. The van der Waals surface area contributed by atoms with Crippen LogP contribution in [-0.4, -0.2) is 39.5 Å². The number of amides is 1. The molecule has 0 unspecified atom stereocenters. The molecule has 2 atom stereocenters. The molecule has 0 aromatic carbocycles. The van der Waals surface area contributed by atoms with Crippen molar-refractivity contribution in [3.05, 3.63) is 23.9 Å². The SMILES string of the molecule is C=CC1=C(C(=O)OC(C)(C)C)N2C(=O)[C@@H](N)[C@H]2SC1. The van der Waals surface area contributed by atoms with Gasteiger partial charge in [0.2, 0.25) is 5.91 Å². The normalized spacial score (nSPS) is 26.7. The van der Waals surface area contributed by atoms with Gasteiger partial charge in [-0.3, -0.25) is 9.69 Å². The van der Waals surface area contributed by atoms with Crippen molar-refractivity contribution in [2.45, 2.75) is 37.8 Å². The van der Waals surface area contributed by atoms with Crippen molar-refractivity contribution in [1.29, 1.82) is 0 Å². The lowest BCUT2D eigenvalue weighted by molar-refractivity contribution is -0.157. The minimum Gasteiger partial charge on any atom is -0.455 e. The smallest absolute Gasteiger partial charge is 0.355 e. The Morgan fingerprint density at radius 1 is 1.58 bits per heavy atom. The van der Waals surface area contributed by atoms with Crippen LogP contribution in [0.2, 0.25) is 0 Å². The molecule has 2 aliphatic heterocycles. The highest BCUT2D eigenvalue weighted by Gasteiger charge is 2.52. The van der Waals surface area contributed by atoms with Crippen LogP contribution in [0, 0.1) is 0 Å². The Labute approximate surface area is 116 Å². The molecule has 5 nitrogen and oxygen atoms in total. The molecule has 0 aromatic rings. The Bertz CT molecular complexity index is 479. The van der Waals surface area contributed by atoms with Gasteiger partial charge in [-0.2, -0.15) is 0 Å². The van der Waals surface area contributed by atoms with Gasteiger partial charge in [-0.25, -0.2) is 4.79 Å². The fourth-order valence-corrected chi connectivity index (χ4v) is 3.30. The van der Waals surface area contributed by atoms with Crippen LogP contribution in [-0.2, 0) is 14.3 Å². The average molecular weight is 282 g/mol. The van der Waals surface area contributed by atoms with E-state index in [9.17, 15) is 9.59 Å². The van der Waals surface area contributed by atoms with Gasteiger partial charge in [-0.1, -0.05) is 12.7 Å². The van der Waals surface area contributed by atoms with Gasteiger partial charge >= 0.3 is 5.97 Å². The minimum atomic E-state index is -0.605. The topological polar surface area (TPSA) is 72.6 Å². The molecule has 2 N–H and O–H groups in total. The number of fused-ring (bicyclic) bond motifs is 1. The number of carbonyl (C=O) groups is 2. The van der Waals surface area contributed by atoms with E-state index in [0.29, 0.717) is 11.4 Å². The molecule has 104 valence electrons. The van der Waals surface area contributed by atoms with Crippen molar-refractivity contribution < 1.29 is 14.3 Å². The zero-order valence-corrected chi connectivity index (χ0v) is 12.1. The van der Waals surface area contributed by atoms with Crippen molar-refractivity contribution in [3.8, 4) is 0 Å². The molecule has 1 fully saturated rings. The summed E-state index contributed by atoms with van der Waals surface area (Å²) >= 11 is 1.54. The van der Waals surface area contributed by atoms with Crippen molar-refractivity contribution in [3.63, 3.8) is 0 Å². The van der Waals surface area contributed by atoms with Crippen LogP contribution in [0.1, 0.15) is 20.8 Å². The summed E-state index contributed by atoms with van der Waals surface area (Å²) in [5.41, 5.74) is 6.15. The second-order valence-corrected chi connectivity index (χ2v) is 6.62. The van der Waals surface area contributed by atoms with Gasteiger partial charge in [-0.15, -0.1) is 11.8 Å². The summed E-state index contributed by atoms with van der Waals surface area (Å²) in [6, 6.07) is -0.534. The van der Waals surface area contributed by atoms with E-state index < -0.39 is 17.6 Å². The number of carbonyl (C=O) groups excluding carboxylic acids is 2. The number of thioether (sulfide) groups is 1. The Kier molecular flexibility index (Phi) is 3.49. The average Bonchev–Trinajstić information content (AvgIpc) is 2.33. The third-order valence-electron chi connectivity index (χ3n) is 2.88. The highest BCUT2D eigenvalue weighted by atomic mass is 32.2. The van der Waals surface area contributed by atoms with E-state index >= 15 is 0 Å². The first-order valence-electron chi connectivity index (χ1n) is 6.05. The summed E-state index contributed by atoms with van der Waals surface area (Å²) in [5, 5.41) is -0.168. The van der Waals surface area contributed by atoms with E-state index in [-0.39, 0.29) is 11.3 Å². The monoisotopic (exact) mass is 282 g/mol. The van der Waals surface area contributed by atoms with Gasteiger partial charge in [0.25, 0.3) is 0 Å². The van der Waals surface area contributed by atoms with Crippen molar-refractivity contribution >= 4 is 23.6 Å². The molecular formula is C13H18N2O3S. The molecule has 0 bridgehead atoms. The molecular weight excluding hydrogens is 264 g/mol. The highest BCUT2D eigenvalue weighted by molar-refractivity contribution is 8.00. The van der Waals surface area contributed by atoms with Crippen LogP contribution in [0.4, 0.5) is 0 Å². The van der Waals surface area contributed by atoms with Crippen molar-refractivity contribution in [1.82, 2.24) is 4.90 Å². The second-order valence-electron chi connectivity index (χ2n) is 5.52. The number of β-lactam (4-membered cyclic amide) rings is 1. The van der Waals surface area contributed by atoms with Crippen LogP contribution < -0.4 is 5.73 Å². The quantitative estimate of drug-likeness (QED) is 0.604. The maximum Gasteiger partial charge on any atom is 0.355 e. The summed E-state index contributed by atoms with van der Waals surface area (Å²) in [7, 11) is 0. The molecule has 1 amide bonds. The number of hydrogen-bond acceptors (Lipinski definition) is 5. The number of hydrogen-bond donors (Lipinski definition) is 1. The van der Waals surface area contributed by atoms with Gasteiger partial charge < -0.3 is 10.5 Å². The Morgan fingerprint density at radius 3 is 2.74 bits per heavy atom. The zero-order chi connectivity index (χ0) is 14.4. The number of nitrogens with two attached hydrogens (primary N) is 1. The van der Waals surface area contributed by atoms with E-state index in [0.717, 1.165) is 5.57 Å². The van der Waals surface area contributed by atoms with Gasteiger partial charge in [0.15, 0.2) is 0 Å². The fourth-order valence-electron chi connectivity index (χ4n) is 2.01. The number of nitrogens with zero attached hydrogens (tertiary/aromatic N) is 1. The van der Waals surface area contributed by atoms with E-state index in [1.165, 1.54) is 16.7 Å². The zero-order valence-electron chi connectivity index (χ0n) is 11.3. The number of ether oxygens (including phenoxy) is 1. The van der Waals surface area contributed by atoms with Crippen LogP contribution >= 0.6 is 11.8 Å². The summed E-state index contributed by atoms with van der Waals surface area (Å²) < 4.78 is 5.36. The number of allylic oxidation sites excluding steroid dienone is 1. The Hall–Kier alpha value is -1.27. The second kappa shape index (κ2) is 4.68. The maximum absolute atomic E-state index is 12.3. The van der Waals surface area contributed by atoms with Gasteiger partial charge in [0.1, 0.15) is 22.7 Å². The summed E-state index contributed by atoms with van der Waals surface area (Å²) in [4.78, 5) is 25.5. The van der Waals surface area contributed by atoms with Crippen LogP contribution in [0.3, 0.4) is 0 Å². The predicted molar refractivity (Wildman–Crippen MR) is 74.1 cm³/mol. The lowest BCUT2D eigenvalue weighted by atomic mass is 10.0. The van der Waals surface area contributed by atoms with E-state index in [1.807, 2.05) is 0 Å². The van der Waals surface area contributed by atoms with Crippen LogP contribution in [0.25, 0.3) is 0 Å². The number of esters is 1. The van der Waals surface area contributed by atoms with Crippen molar-refractivity contribution in [2.75, 3.05) is 5.75 Å². The highest BCUT2D eigenvalue weighted by Crippen LogP contribution is 2.40. The molecule has 0 radical (unpaired) electrons. The third-order valence-corrected chi connectivity index (χ3v) is 4.20. The van der Waals surface area contributed by atoms with Crippen molar-refractivity contribution in [2.24, 2.45) is 5.73 Å².